The fourth-order valence-corrected chi connectivity index (χ4v) is 4.19. The van der Waals surface area contributed by atoms with Gasteiger partial charge in [-0.15, -0.1) is 0 Å². The van der Waals surface area contributed by atoms with Gasteiger partial charge in [-0.05, 0) is 29.9 Å². The third kappa shape index (κ3) is 20.8. The Morgan fingerprint density at radius 2 is 0.822 bits per heavy atom. The maximum atomic E-state index is 8.58. The third-order valence-electron chi connectivity index (χ3n) is 6.47. The van der Waals surface area contributed by atoms with Crippen molar-refractivity contribution in [2.24, 2.45) is 0 Å². The second-order valence-electron chi connectivity index (χ2n) is 9.96. The molecule has 0 atom stereocenters. The van der Waals surface area contributed by atoms with Crippen molar-refractivity contribution in [1.29, 1.82) is 0 Å². The zero-order chi connectivity index (χ0) is 31.9. The molecule has 45 heavy (non-hydrogen) atoms. The van der Waals surface area contributed by atoms with Gasteiger partial charge in [0.15, 0.2) is 0 Å². The van der Waals surface area contributed by atoms with E-state index in [9.17, 15) is 0 Å². The van der Waals surface area contributed by atoms with E-state index < -0.39 is 0 Å². The number of unbranched alkanes of at least 4 members (excludes halogenated alkanes) is 1. The number of hydrogen-bond donors (Lipinski definition) is 1. The predicted octanol–water partition coefficient (Wildman–Crippen LogP) is 3.70. The van der Waals surface area contributed by atoms with Crippen molar-refractivity contribution in [3.8, 4) is 5.75 Å². The highest BCUT2D eigenvalue weighted by Gasteiger charge is 2.06. The molecule has 11 heteroatoms. The van der Waals surface area contributed by atoms with Gasteiger partial charge >= 0.3 is 0 Å². The average Bonchev–Trinajstić information content (AvgIpc) is 3.06. The smallest absolute Gasteiger partial charge is 0.127 e. The first-order valence-corrected chi connectivity index (χ1v) is 16.3. The molecule has 2 aromatic carbocycles. The highest BCUT2D eigenvalue weighted by atomic mass is 16.6. The number of hydrogen-bond acceptors (Lipinski definition) is 11. The Hall–Kier alpha value is -1.90. The largest absolute Gasteiger partial charge is 0.491 e. The van der Waals surface area contributed by atoms with Crippen LogP contribution in [0.1, 0.15) is 25.3 Å². The van der Waals surface area contributed by atoms with Crippen molar-refractivity contribution >= 4 is 10.8 Å². The summed E-state index contributed by atoms with van der Waals surface area (Å²) in [7, 11) is 0. The van der Waals surface area contributed by atoms with Crippen molar-refractivity contribution < 1.29 is 52.5 Å². The van der Waals surface area contributed by atoms with E-state index in [4.69, 9.17) is 52.5 Å². The normalized spacial score (nSPS) is 11.5. The molecule has 0 fully saturated rings. The van der Waals surface area contributed by atoms with Gasteiger partial charge in [0.25, 0.3) is 0 Å². The van der Waals surface area contributed by atoms with Gasteiger partial charge in [-0.3, -0.25) is 0 Å². The van der Waals surface area contributed by atoms with Crippen LogP contribution in [0.5, 0.6) is 5.75 Å². The van der Waals surface area contributed by atoms with Crippen molar-refractivity contribution in [3.05, 3.63) is 42.0 Å². The molecular weight excluding hydrogens is 584 g/mol. The molecule has 0 heterocycles. The van der Waals surface area contributed by atoms with Crippen molar-refractivity contribution in [1.82, 2.24) is 0 Å². The molecule has 0 spiro atoms. The number of ether oxygens (including phenoxy) is 10. The second-order valence-corrected chi connectivity index (χ2v) is 9.96. The van der Waals surface area contributed by atoms with E-state index in [0.717, 1.165) is 17.6 Å². The fourth-order valence-electron chi connectivity index (χ4n) is 4.19. The molecule has 2 aromatic rings. The Labute approximate surface area is 269 Å². The molecule has 258 valence electrons. The Morgan fingerprint density at radius 1 is 0.444 bits per heavy atom. The topological polar surface area (TPSA) is 113 Å². The zero-order valence-corrected chi connectivity index (χ0v) is 27.3. The minimum absolute atomic E-state index is 0.0269. The van der Waals surface area contributed by atoms with Crippen LogP contribution in [0.4, 0.5) is 0 Å². The number of benzene rings is 2. The van der Waals surface area contributed by atoms with Gasteiger partial charge in [-0.1, -0.05) is 43.7 Å². The monoisotopic (exact) mass is 640 g/mol. The molecule has 0 saturated heterocycles. The van der Waals surface area contributed by atoms with E-state index in [1.165, 1.54) is 23.8 Å². The van der Waals surface area contributed by atoms with Crippen molar-refractivity contribution in [3.63, 3.8) is 0 Å². The lowest BCUT2D eigenvalue weighted by Crippen LogP contribution is -2.15. The molecule has 0 aliphatic heterocycles. The third-order valence-corrected chi connectivity index (χ3v) is 6.47. The van der Waals surface area contributed by atoms with E-state index in [2.05, 4.69) is 37.3 Å². The van der Waals surface area contributed by atoms with Gasteiger partial charge in [-0.25, -0.2) is 0 Å². The minimum Gasteiger partial charge on any atom is -0.491 e. The molecule has 0 radical (unpaired) electrons. The Balaban J connectivity index is 1.27. The number of aliphatic hydroxyl groups is 1. The minimum atomic E-state index is 0.0269. The molecule has 0 saturated carbocycles. The molecule has 0 unspecified atom stereocenters. The summed E-state index contributed by atoms with van der Waals surface area (Å²) in [4.78, 5) is 0. The van der Waals surface area contributed by atoms with Crippen LogP contribution in [0, 0.1) is 0 Å². The lowest BCUT2D eigenvalue weighted by atomic mass is 10.00. The lowest BCUT2D eigenvalue weighted by molar-refractivity contribution is -0.0258. The van der Waals surface area contributed by atoms with E-state index in [0.29, 0.717) is 126 Å². The summed E-state index contributed by atoms with van der Waals surface area (Å²) in [5.41, 5.74) is 1.38. The number of rotatable bonds is 33. The predicted molar refractivity (Wildman–Crippen MR) is 173 cm³/mol. The van der Waals surface area contributed by atoms with Crippen molar-refractivity contribution in [2.45, 2.75) is 26.2 Å². The maximum absolute atomic E-state index is 8.58. The zero-order valence-electron chi connectivity index (χ0n) is 27.3. The highest BCUT2D eigenvalue weighted by molar-refractivity contribution is 5.91. The van der Waals surface area contributed by atoms with Crippen molar-refractivity contribution in [2.75, 3.05) is 132 Å². The maximum Gasteiger partial charge on any atom is 0.127 e. The Morgan fingerprint density at radius 3 is 1.24 bits per heavy atom. The lowest BCUT2D eigenvalue weighted by Gasteiger charge is -2.12. The summed E-state index contributed by atoms with van der Waals surface area (Å²) in [6, 6.07) is 12.7. The first-order chi connectivity index (χ1) is 22.4. The van der Waals surface area contributed by atoms with Crippen LogP contribution in [-0.4, -0.2) is 137 Å². The molecule has 1 N–H and O–H groups in total. The van der Waals surface area contributed by atoms with E-state index in [-0.39, 0.29) is 6.61 Å². The van der Waals surface area contributed by atoms with Gasteiger partial charge in [-0.2, -0.15) is 0 Å². The molecule has 11 nitrogen and oxygen atoms in total. The summed E-state index contributed by atoms with van der Waals surface area (Å²) < 4.78 is 55.0. The summed E-state index contributed by atoms with van der Waals surface area (Å²) >= 11 is 0. The fraction of sp³-hybridized carbons (Fsp3) is 0.706. The number of aryl methyl sites for hydroxylation is 1. The van der Waals surface area contributed by atoms with E-state index in [1.54, 1.807) is 0 Å². The molecule has 0 aromatic heterocycles. The average molecular weight is 641 g/mol. The van der Waals surface area contributed by atoms with Gasteiger partial charge in [0.05, 0.1) is 126 Å². The summed E-state index contributed by atoms with van der Waals surface area (Å²) in [6.07, 6.45) is 3.47. The van der Waals surface area contributed by atoms with Gasteiger partial charge in [0, 0.05) is 5.39 Å². The molecular formula is C34H56O11. The molecule has 0 bridgehead atoms. The van der Waals surface area contributed by atoms with Crippen LogP contribution in [-0.2, 0) is 49.1 Å². The molecule has 0 amide bonds. The van der Waals surface area contributed by atoms with Crippen LogP contribution in [0.2, 0.25) is 0 Å². The number of fused-ring (bicyclic) bond motifs is 1. The standard InChI is InChI=1S/C34H56O11/c1-2-3-6-31-7-4-9-33-32(31)8-5-10-34(33)45-30-29-44-28-27-43-26-25-42-24-23-41-22-21-40-20-19-39-18-17-38-16-15-37-14-13-36-12-11-35/h4-5,7-10,35H,2-3,6,11-30H2,1H3. The van der Waals surface area contributed by atoms with Gasteiger partial charge < -0.3 is 52.5 Å². The molecule has 2 rings (SSSR count). The summed E-state index contributed by atoms with van der Waals surface area (Å²) in [5.74, 6) is 0.903. The van der Waals surface area contributed by atoms with E-state index >= 15 is 0 Å². The molecule has 0 aliphatic rings. The van der Waals surface area contributed by atoms with Gasteiger partial charge in [0.2, 0.25) is 0 Å². The Kier molecular flexibility index (Phi) is 25.7. The quantitative estimate of drug-likeness (QED) is 0.115. The van der Waals surface area contributed by atoms with E-state index in [1.807, 2.05) is 6.07 Å². The van der Waals surface area contributed by atoms with Crippen LogP contribution >= 0.6 is 0 Å². The second kappa shape index (κ2) is 29.5. The first kappa shape index (κ1) is 39.3. The summed E-state index contributed by atoms with van der Waals surface area (Å²) in [6.45, 7) is 11.7. The van der Waals surface area contributed by atoms with Crippen LogP contribution in [0.3, 0.4) is 0 Å². The molecule has 0 aliphatic carbocycles. The van der Waals surface area contributed by atoms with Crippen LogP contribution in [0.25, 0.3) is 10.8 Å². The SMILES string of the molecule is CCCCc1cccc2c(OCCOCCOCCOCCOCCOCCOCCOCCOCCOCCO)cccc12. The highest BCUT2D eigenvalue weighted by Crippen LogP contribution is 2.28. The van der Waals surface area contributed by atoms with Crippen LogP contribution < -0.4 is 4.74 Å². The first-order valence-electron chi connectivity index (χ1n) is 16.3. The summed E-state index contributed by atoms with van der Waals surface area (Å²) in [5, 5.41) is 11.0. The van der Waals surface area contributed by atoms with Gasteiger partial charge in [0.1, 0.15) is 12.4 Å². The van der Waals surface area contributed by atoms with Crippen LogP contribution in [0.15, 0.2) is 36.4 Å². The Bertz CT molecular complexity index is 930. The number of aliphatic hydroxyl groups excluding tert-OH is 1.